The van der Waals surface area contributed by atoms with Crippen molar-refractivity contribution in [3.05, 3.63) is 36.1 Å². The highest BCUT2D eigenvalue weighted by Crippen LogP contribution is 2.23. The zero-order valence-corrected chi connectivity index (χ0v) is 14.5. The van der Waals surface area contributed by atoms with Gasteiger partial charge in [0.1, 0.15) is 12.2 Å². The van der Waals surface area contributed by atoms with E-state index in [1.54, 1.807) is 6.07 Å². The minimum atomic E-state index is -0.0809. The maximum atomic E-state index is 12.6. The van der Waals surface area contributed by atoms with E-state index in [4.69, 9.17) is 9.15 Å². The van der Waals surface area contributed by atoms with Crippen LogP contribution in [0, 0.1) is 5.92 Å². The third-order valence-electron chi connectivity index (χ3n) is 4.56. The molecule has 1 aliphatic rings. The second-order valence-corrected chi connectivity index (χ2v) is 6.33. The van der Waals surface area contributed by atoms with Crippen LogP contribution in [0.1, 0.15) is 30.3 Å². The third-order valence-corrected chi connectivity index (χ3v) is 4.56. The maximum absolute atomic E-state index is 12.6. The molecular weight excluding hydrogens is 320 g/mol. The van der Waals surface area contributed by atoms with Crippen molar-refractivity contribution in [1.29, 1.82) is 0 Å². The van der Waals surface area contributed by atoms with E-state index in [-0.39, 0.29) is 18.4 Å². The van der Waals surface area contributed by atoms with Gasteiger partial charge in [-0.15, -0.1) is 0 Å². The summed E-state index contributed by atoms with van der Waals surface area (Å²) in [4.78, 5) is 26.0. The SMILES string of the molecule is CCOCC(=O)NCC1CCN(C(=O)c2cc3ccccc3o2)CC1. The van der Waals surface area contributed by atoms with E-state index in [0.29, 0.717) is 37.9 Å². The Morgan fingerprint density at radius 1 is 1.28 bits per heavy atom. The van der Waals surface area contributed by atoms with Crippen molar-refractivity contribution >= 4 is 22.8 Å². The zero-order valence-electron chi connectivity index (χ0n) is 14.5. The summed E-state index contributed by atoms with van der Waals surface area (Å²) in [5.41, 5.74) is 0.734. The number of likely N-dealkylation sites (tertiary alicyclic amines) is 1. The fourth-order valence-electron chi connectivity index (χ4n) is 3.09. The van der Waals surface area contributed by atoms with Crippen molar-refractivity contribution in [2.75, 3.05) is 32.8 Å². The Hall–Kier alpha value is -2.34. The molecule has 0 aliphatic carbocycles. The van der Waals surface area contributed by atoms with Crippen LogP contribution in [0.2, 0.25) is 0 Å². The van der Waals surface area contributed by atoms with Crippen LogP contribution < -0.4 is 5.32 Å². The van der Waals surface area contributed by atoms with Gasteiger partial charge in [0.25, 0.3) is 5.91 Å². The van der Waals surface area contributed by atoms with Gasteiger partial charge < -0.3 is 19.4 Å². The van der Waals surface area contributed by atoms with E-state index < -0.39 is 0 Å². The molecule has 6 heteroatoms. The molecule has 134 valence electrons. The molecule has 1 aliphatic heterocycles. The Labute approximate surface area is 147 Å². The van der Waals surface area contributed by atoms with Gasteiger partial charge in [-0.2, -0.15) is 0 Å². The third kappa shape index (κ3) is 4.39. The first-order valence-electron chi connectivity index (χ1n) is 8.79. The summed E-state index contributed by atoms with van der Waals surface area (Å²) in [6.45, 7) is 4.51. The second-order valence-electron chi connectivity index (χ2n) is 6.33. The van der Waals surface area contributed by atoms with Crippen LogP contribution in [0.5, 0.6) is 0 Å². The van der Waals surface area contributed by atoms with Crippen LogP contribution in [0.4, 0.5) is 0 Å². The molecule has 0 spiro atoms. The monoisotopic (exact) mass is 344 g/mol. The van der Waals surface area contributed by atoms with E-state index in [0.717, 1.165) is 23.8 Å². The molecule has 3 rings (SSSR count). The lowest BCUT2D eigenvalue weighted by Gasteiger charge is -2.31. The quantitative estimate of drug-likeness (QED) is 0.874. The highest BCUT2D eigenvalue weighted by molar-refractivity contribution is 5.96. The number of furan rings is 1. The molecule has 1 saturated heterocycles. The Morgan fingerprint density at radius 2 is 2.04 bits per heavy atom. The Morgan fingerprint density at radius 3 is 2.76 bits per heavy atom. The molecule has 6 nitrogen and oxygen atoms in total. The first-order valence-corrected chi connectivity index (χ1v) is 8.79. The summed E-state index contributed by atoms with van der Waals surface area (Å²) in [6.07, 6.45) is 1.75. The summed E-state index contributed by atoms with van der Waals surface area (Å²) in [5.74, 6) is 0.646. The number of carbonyl (C=O) groups excluding carboxylic acids is 2. The zero-order chi connectivity index (χ0) is 17.6. The molecule has 2 heterocycles. The van der Waals surface area contributed by atoms with Crippen molar-refractivity contribution < 1.29 is 18.7 Å². The average molecular weight is 344 g/mol. The summed E-state index contributed by atoms with van der Waals surface area (Å²) >= 11 is 0. The van der Waals surface area contributed by atoms with E-state index >= 15 is 0 Å². The number of para-hydroxylation sites is 1. The number of ether oxygens (including phenoxy) is 1. The molecule has 0 radical (unpaired) electrons. The Bertz CT molecular complexity index is 699. The van der Waals surface area contributed by atoms with Gasteiger partial charge in [0.15, 0.2) is 5.76 Å². The van der Waals surface area contributed by atoms with Crippen LogP contribution >= 0.6 is 0 Å². The topological polar surface area (TPSA) is 71.8 Å². The molecule has 1 fully saturated rings. The van der Waals surface area contributed by atoms with Gasteiger partial charge in [0.05, 0.1) is 0 Å². The first-order chi connectivity index (χ1) is 12.2. The highest BCUT2D eigenvalue weighted by atomic mass is 16.5. The Balaban J connectivity index is 1.48. The molecule has 1 N–H and O–H groups in total. The number of benzene rings is 1. The summed E-state index contributed by atoms with van der Waals surface area (Å²) in [6, 6.07) is 9.43. The van der Waals surface area contributed by atoms with Crippen molar-refractivity contribution in [3.8, 4) is 0 Å². The van der Waals surface area contributed by atoms with Crippen LogP contribution in [0.25, 0.3) is 11.0 Å². The highest BCUT2D eigenvalue weighted by Gasteiger charge is 2.25. The van der Waals surface area contributed by atoms with Crippen LogP contribution in [0.15, 0.2) is 34.7 Å². The van der Waals surface area contributed by atoms with Gasteiger partial charge in [-0.3, -0.25) is 9.59 Å². The molecule has 0 unspecified atom stereocenters. The largest absolute Gasteiger partial charge is 0.451 e. The summed E-state index contributed by atoms with van der Waals surface area (Å²) in [7, 11) is 0. The lowest BCUT2D eigenvalue weighted by Crippen LogP contribution is -2.42. The lowest BCUT2D eigenvalue weighted by atomic mass is 9.96. The molecule has 2 amide bonds. The Kier molecular flexibility index (Phi) is 5.71. The van der Waals surface area contributed by atoms with Gasteiger partial charge in [-0.05, 0) is 37.8 Å². The number of fused-ring (bicyclic) bond motifs is 1. The van der Waals surface area contributed by atoms with Crippen molar-refractivity contribution in [3.63, 3.8) is 0 Å². The number of carbonyl (C=O) groups is 2. The minimum absolute atomic E-state index is 0.0602. The fraction of sp³-hybridized carbons (Fsp3) is 0.474. The number of amides is 2. The molecule has 0 saturated carbocycles. The van der Waals surface area contributed by atoms with Crippen LogP contribution in [0.3, 0.4) is 0 Å². The van der Waals surface area contributed by atoms with E-state index in [1.165, 1.54) is 0 Å². The van der Waals surface area contributed by atoms with Gasteiger partial charge in [-0.25, -0.2) is 0 Å². The number of rotatable bonds is 6. The molecular formula is C19H24N2O4. The van der Waals surface area contributed by atoms with E-state index in [9.17, 15) is 9.59 Å². The lowest BCUT2D eigenvalue weighted by molar-refractivity contribution is -0.125. The summed E-state index contributed by atoms with van der Waals surface area (Å²) in [5, 5.41) is 3.84. The number of piperidine rings is 1. The maximum Gasteiger partial charge on any atom is 0.289 e. The normalized spacial score (nSPS) is 15.5. The van der Waals surface area contributed by atoms with Crippen molar-refractivity contribution in [2.45, 2.75) is 19.8 Å². The molecule has 1 aromatic heterocycles. The van der Waals surface area contributed by atoms with E-state index in [1.807, 2.05) is 36.1 Å². The van der Waals surface area contributed by atoms with Gasteiger partial charge >= 0.3 is 0 Å². The smallest absolute Gasteiger partial charge is 0.289 e. The minimum Gasteiger partial charge on any atom is -0.451 e. The van der Waals surface area contributed by atoms with Crippen molar-refractivity contribution in [2.24, 2.45) is 5.92 Å². The number of hydrogen-bond donors (Lipinski definition) is 1. The van der Waals surface area contributed by atoms with Crippen molar-refractivity contribution in [1.82, 2.24) is 10.2 Å². The average Bonchev–Trinajstić information content (AvgIpc) is 3.08. The van der Waals surface area contributed by atoms with Crippen LogP contribution in [-0.4, -0.2) is 49.6 Å². The predicted molar refractivity (Wildman–Crippen MR) is 94.3 cm³/mol. The second kappa shape index (κ2) is 8.16. The number of nitrogens with one attached hydrogen (secondary N) is 1. The standard InChI is InChI=1S/C19H24N2O4/c1-2-24-13-18(22)20-12-14-7-9-21(10-8-14)19(23)17-11-15-5-3-4-6-16(15)25-17/h3-6,11,14H,2,7-10,12-13H2,1H3,(H,20,22). The molecule has 25 heavy (non-hydrogen) atoms. The summed E-state index contributed by atoms with van der Waals surface area (Å²) < 4.78 is 10.7. The predicted octanol–water partition coefficient (Wildman–Crippen LogP) is 2.44. The molecule has 0 bridgehead atoms. The van der Waals surface area contributed by atoms with Gasteiger partial charge in [-0.1, -0.05) is 18.2 Å². The fourth-order valence-corrected chi connectivity index (χ4v) is 3.09. The number of nitrogens with zero attached hydrogens (tertiary/aromatic N) is 1. The van der Waals surface area contributed by atoms with Gasteiger partial charge in [0, 0.05) is 31.6 Å². The van der Waals surface area contributed by atoms with Crippen LogP contribution in [-0.2, 0) is 9.53 Å². The number of hydrogen-bond acceptors (Lipinski definition) is 4. The van der Waals surface area contributed by atoms with Gasteiger partial charge in [0.2, 0.25) is 5.91 Å². The van der Waals surface area contributed by atoms with E-state index in [2.05, 4.69) is 5.32 Å². The molecule has 2 aromatic rings. The molecule has 1 aromatic carbocycles. The molecule has 0 atom stereocenters. The first kappa shape index (κ1) is 17.5.